The van der Waals surface area contributed by atoms with E-state index in [2.05, 4.69) is 6.07 Å². The third kappa shape index (κ3) is 3.55. The molecule has 1 atom stereocenters. The normalized spacial score (nSPS) is 12.4. The summed E-state index contributed by atoms with van der Waals surface area (Å²) in [5, 5.41) is 11.6. The van der Waals surface area contributed by atoms with Gasteiger partial charge in [0.25, 0.3) is 0 Å². The molecule has 0 aliphatic rings. The Morgan fingerprint density at radius 2 is 1.89 bits per heavy atom. The molecule has 1 unspecified atom stereocenters. The van der Waals surface area contributed by atoms with Gasteiger partial charge in [0, 0.05) is 13.6 Å². The second-order valence-corrected chi connectivity index (χ2v) is 4.98. The molecule has 1 N–H and O–H groups in total. The van der Waals surface area contributed by atoms with E-state index in [9.17, 15) is 9.90 Å². The molecule has 0 aliphatic heterocycles. The summed E-state index contributed by atoms with van der Waals surface area (Å²) in [6.07, 6.45) is -0.126. The molecule has 0 saturated carbocycles. The number of hydrogen-bond donors (Lipinski definition) is 1. The molecule has 0 spiro atoms. The second kappa shape index (κ2) is 5.85. The van der Waals surface area contributed by atoms with Crippen molar-refractivity contribution in [3.05, 3.63) is 48.0 Å². The molecule has 0 aromatic heterocycles. The Bertz CT molecular complexity index is 578. The molecule has 3 nitrogen and oxygen atoms in total. The minimum atomic E-state index is -0.495. The van der Waals surface area contributed by atoms with Crippen molar-refractivity contribution < 1.29 is 9.90 Å². The van der Waals surface area contributed by atoms with Gasteiger partial charge in [-0.3, -0.25) is 4.79 Å². The number of likely N-dealkylation sites (N-methyl/N-ethyl adjacent to an activating group) is 1. The van der Waals surface area contributed by atoms with Crippen LogP contribution >= 0.6 is 0 Å². The molecule has 0 heterocycles. The fraction of sp³-hybridized carbons (Fsp3) is 0.312. The molecule has 0 saturated heterocycles. The van der Waals surface area contributed by atoms with Crippen LogP contribution in [0, 0.1) is 0 Å². The molecular formula is C16H19NO2. The Kier molecular flexibility index (Phi) is 4.17. The quantitative estimate of drug-likeness (QED) is 0.912. The summed E-state index contributed by atoms with van der Waals surface area (Å²) in [7, 11) is 1.72. The van der Waals surface area contributed by atoms with Gasteiger partial charge in [-0.15, -0.1) is 0 Å². The summed E-state index contributed by atoms with van der Waals surface area (Å²) in [5.41, 5.74) is 1.00. The van der Waals surface area contributed by atoms with E-state index in [0.29, 0.717) is 13.0 Å². The zero-order valence-corrected chi connectivity index (χ0v) is 11.3. The van der Waals surface area contributed by atoms with Gasteiger partial charge >= 0.3 is 0 Å². The molecule has 0 aliphatic carbocycles. The Morgan fingerprint density at radius 3 is 2.58 bits per heavy atom. The van der Waals surface area contributed by atoms with E-state index < -0.39 is 6.10 Å². The van der Waals surface area contributed by atoms with E-state index in [1.807, 2.05) is 36.4 Å². The Balaban J connectivity index is 2.10. The SMILES string of the molecule is CC(O)CN(C)C(=O)Cc1ccc2ccccc2c1. The van der Waals surface area contributed by atoms with Gasteiger partial charge in [0.05, 0.1) is 12.5 Å². The first kappa shape index (κ1) is 13.6. The molecule has 2 rings (SSSR count). The monoisotopic (exact) mass is 257 g/mol. The van der Waals surface area contributed by atoms with Crippen molar-refractivity contribution >= 4 is 16.7 Å². The number of carbonyl (C=O) groups is 1. The highest BCUT2D eigenvalue weighted by Crippen LogP contribution is 2.16. The van der Waals surface area contributed by atoms with E-state index in [4.69, 9.17) is 0 Å². The topological polar surface area (TPSA) is 40.5 Å². The summed E-state index contributed by atoms with van der Waals surface area (Å²) in [4.78, 5) is 13.6. The first-order chi connectivity index (χ1) is 9.06. The van der Waals surface area contributed by atoms with Gasteiger partial charge in [-0.1, -0.05) is 42.5 Å². The molecule has 0 bridgehead atoms. The number of fused-ring (bicyclic) bond motifs is 1. The van der Waals surface area contributed by atoms with Gasteiger partial charge in [-0.05, 0) is 23.3 Å². The first-order valence-electron chi connectivity index (χ1n) is 6.46. The fourth-order valence-electron chi connectivity index (χ4n) is 2.16. The summed E-state index contributed by atoms with van der Waals surface area (Å²) in [6.45, 7) is 2.05. The van der Waals surface area contributed by atoms with Crippen LogP contribution in [0.25, 0.3) is 10.8 Å². The number of rotatable bonds is 4. The molecule has 100 valence electrons. The average molecular weight is 257 g/mol. The van der Waals surface area contributed by atoms with Crippen LogP contribution < -0.4 is 0 Å². The van der Waals surface area contributed by atoms with Crippen LogP contribution in [-0.2, 0) is 11.2 Å². The number of amides is 1. The van der Waals surface area contributed by atoms with Crippen molar-refractivity contribution in [2.45, 2.75) is 19.4 Å². The lowest BCUT2D eigenvalue weighted by Gasteiger charge is -2.18. The van der Waals surface area contributed by atoms with Gasteiger partial charge in [0.15, 0.2) is 0 Å². The summed E-state index contributed by atoms with van der Waals surface area (Å²) >= 11 is 0. The zero-order chi connectivity index (χ0) is 13.8. The predicted octanol–water partition coefficient (Wildman–Crippen LogP) is 2.22. The highest BCUT2D eigenvalue weighted by molar-refractivity contribution is 5.85. The summed E-state index contributed by atoms with van der Waals surface area (Å²) in [5.74, 6) is 0.0242. The van der Waals surface area contributed by atoms with E-state index in [1.165, 1.54) is 5.39 Å². The summed E-state index contributed by atoms with van der Waals surface area (Å²) in [6, 6.07) is 14.2. The third-order valence-corrected chi connectivity index (χ3v) is 3.13. The lowest BCUT2D eigenvalue weighted by atomic mass is 10.0. The van der Waals surface area contributed by atoms with Gasteiger partial charge in [0.1, 0.15) is 0 Å². The number of aliphatic hydroxyl groups is 1. The van der Waals surface area contributed by atoms with Crippen LogP contribution in [0.3, 0.4) is 0 Å². The lowest BCUT2D eigenvalue weighted by Crippen LogP contribution is -2.34. The summed E-state index contributed by atoms with van der Waals surface area (Å²) < 4.78 is 0. The van der Waals surface area contributed by atoms with Gasteiger partial charge < -0.3 is 10.0 Å². The first-order valence-corrected chi connectivity index (χ1v) is 6.46. The van der Waals surface area contributed by atoms with E-state index in [1.54, 1.807) is 18.9 Å². The van der Waals surface area contributed by atoms with Crippen LogP contribution in [0.4, 0.5) is 0 Å². The van der Waals surface area contributed by atoms with Crippen LogP contribution in [0.15, 0.2) is 42.5 Å². The zero-order valence-electron chi connectivity index (χ0n) is 11.3. The molecule has 2 aromatic rings. The maximum absolute atomic E-state index is 12.0. The minimum absolute atomic E-state index is 0.0242. The average Bonchev–Trinajstić information content (AvgIpc) is 2.37. The van der Waals surface area contributed by atoms with Crippen molar-refractivity contribution in [3.8, 4) is 0 Å². The molecule has 0 radical (unpaired) electrons. The Labute approximate surface area is 113 Å². The molecule has 1 amide bonds. The highest BCUT2D eigenvalue weighted by Gasteiger charge is 2.11. The number of benzene rings is 2. The Morgan fingerprint density at radius 1 is 1.21 bits per heavy atom. The van der Waals surface area contributed by atoms with Gasteiger partial charge in [0.2, 0.25) is 5.91 Å². The van der Waals surface area contributed by atoms with E-state index >= 15 is 0 Å². The van der Waals surface area contributed by atoms with Crippen molar-refractivity contribution in [2.75, 3.05) is 13.6 Å². The van der Waals surface area contributed by atoms with Crippen molar-refractivity contribution in [3.63, 3.8) is 0 Å². The lowest BCUT2D eigenvalue weighted by molar-refractivity contribution is -0.130. The van der Waals surface area contributed by atoms with Gasteiger partial charge in [-0.2, -0.15) is 0 Å². The fourth-order valence-corrected chi connectivity index (χ4v) is 2.16. The number of hydrogen-bond acceptors (Lipinski definition) is 2. The molecular weight excluding hydrogens is 238 g/mol. The highest BCUT2D eigenvalue weighted by atomic mass is 16.3. The largest absolute Gasteiger partial charge is 0.392 e. The predicted molar refractivity (Wildman–Crippen MR) is 77.0 cm³/mol. The minimum Gasteiger partial charge on any atom is -0.392 e. The Hall–Kier alpha value is -1.87. The van der Waals surface area contributed by atoms with Crippen LogP contribution in [0.2, 0.25) is 0 Å². The van der Waals surface area contributed by atoms with Gasteiger partial charge in [-0.25, -0.2) is 0 Å². The van der Waals surface area contributed by atoms with Crippen LogP contribution in [-0.4, -0.2) is 35.6 Å². The number of nitrogens with zero attached hydrogens (tertiary/aromatic N) is 1. The third-order valence-electron chi connectivity index (χ3n) is 3.13. The number of carbonyl (C=O) groups excluding carboxylic acids is 1. The molecule has 2 aromatic carbocycles. The van der Waals surface area contributed by atoms with Crippen LogP contribution in [0.1, 0.15) is 12.5 Å². The van der Waals surface area contributed by atoms with Crippen molar-refractivity contribution in [1.82, 2.24) is 4.90 Å². The second-order valence-electron chi connectivity index (χ2n) is 4.98. The van der Waals surface area contributed by atoms with Crippen LogP contribution in [0.5, 0.6) is 0 Å². The maximum Gasteiger partial charge on any atom is 0.226 e. The maximum atomic E-state index is 12.0. The standard InChI is InChI=1S/C16H19NO2/c1-12(18)11-17(2)16(19)10-13-7-8-14-5-3-4-6-15(14)9-13/h3-9,12,18H,10-11H2,1-2H3. The molecule has 0 fully saturated rings. The van der Waals surface area contributed by atoms with Crippen molar-refractivity contribution in [2.24, 2.45) is 0 Å². The van der Waals surface area contributed by atoms with Crippen molar-refractivity contribution in [1.29, 1.82) is 0 Å². The molecule has 3 heteroatoms. The number of aliphatic hydroxyl groups excluding tert-OH is 1. The molecule has 19 heavy (non-hydrogen) atoms. The van der Waals surface area contributed by atoms with E-state index in [0.717, 1.165) is 10.9 Å². The van der Waals surface area contributed by atoms with E-state index in [-0.39, 0.29) is 5.91 Å². The smallest absolute Gasteiger partial charge is 0.226 e.